The summed E-state index contributed by atoms with van der Waals surface area (Å²) in [7, 11) is 0. The molecule has 4 nitrogen and oxygen atoms in total. The van der Waals surface area contributed by atoms with Crippen LogP contribution in [0.4, 0.5) is 0 Å². The van der Waals surface area contributed by atoms with Crippen LogP contribution < -0.4 is 5.32 Å². The quantitative estimate of drug-likeness (QED) is 0.601. The van der Waals surface area contributed by atoms with Crippen LogP contribution in [0.25, 0.3) is 0 Å². The molecule has 0 atom stereocenters. The number of carbonyl (C=O) groups is 2. The van der Waals surface area contributed by atoms with Crippen molar-refractivity contribution in [1.29, 1.82) is 0 Å². The molecule has 0 saturated heterocycles. The van der Waals surface area contributed by atoms with E-state index in [2.05, 4.69) is 5.32 Å². The van der Waals surface area contributed by atoms with E-state index < -0.39 is 11.5 Å². The molecular formula is C8H13NO3. The third-order valence-corrected chi connectivity index (χ3v) is 2.33. The number of aliphatic carboxylic acids is 1. The average molecular weight is 171 g/mol. The molecule has 0 aromatic carbocycles. The van der Waals surface area contributed by atoms with E-state index in [9.17, 15) is 9.59 Å². The summed E-state index contributed by atoms with van der Waals surface area (Å²) < 4.78 is 0. The molecule has 0 bridgehead atoms. The maximum atomic E-state index is 10.4. The molecule has 1 aliphatic carbocycles. The zero-order chi connectivity index (χ0) is 9.19. The number of carboxylic acid groups (broad SMARTS) is 1. The van der Waals surface area contributed by atoms with Crippen molar-refractivity contribution in [1.82, 2.24) is 5.32 Å². The van der Waals surface area contributed by atoms with Crippen molar-refractivity contribution >= 4 is 12.4 Å². The standard InChI is InChI=1S/C8H13NO3/c1-6-2-8(3-6,9-5-10)4-7(11)12/h5-6H,2-4H2,1H3,(H,9,10)(H,11,12). The van der Waals surface area contributed by atoms with Crippen molar-refractivity contribution in [2.45, 2.75) is 31.7 Å². The van der Waals surface area contributed by atoms with Crippen LogP contribution in [0.1, 0.15) is 26.2 Å². The van der Waals surface area contributed by atoms with Crippen molar-refractivity contribution in [3.63, 3.8) is 0 Å². The fourth-order valence-electron chi connectivity index (χ4n) is 2.00. The summed E-state index contributed by atoms with van der Waals surface area (Å²) >= 11 is 0. The first-order valence-electron chi connectivity index (χ1n) is 4.01. The average Bonchev–Trinajstić information content (AvgIpc) is 1.83. The summed E-state index contributed by atoms with van der Waals surface area (Å²) in [6.07, 6.45) is 2.18. The third kappa shape index (κ3) is 1.75. The van der Waals surface area contributed by atoms with E-state index >= 15 is 0 Å². The zero-order valence-electron chi connectivity index (χ0n) is 7.04. The Labute approximate surface area is 71.0 Å². The first-order valence-corrected chi connectivity index (χ1v) is 4.01. The minimum atomic E-state index is -0.851. The van der Waals surface area contributed by atoms with Gasteiger partial charge in [0.05, 0.1) is 12.0 Å². The van der Waals surface area contributed by atoms with Crippen LogP contribution in [0.3, 0.4) is 0 Å². The molecule has 0 spiro atoms. The minimum Gasteiger partial charge on any atom is -0.481 e. The molecule has 68 valence electrons. The Morgan fingerprint density at radius 3 is 2.67 bits per heavy atom. The van der Waals surface area contributed by atoms with Crippen molar-refractivity contribution < 1.29 is 14.7 Å². The summed E-state index contributed by atoms with van der Waals surface area (Å²) in [5, 5.41) is 11.2. The molecule has 1 aliphatic rings. The Morgan fingerprint density at radius 1 is 1.75 bits per heavy atom. The molecule has 1 amide bonds. The SMILES string of the molecule is CC1CC(CC(=O)O)(NC=O)C1. The van der Waals surface area contributed by atoms with Crippen LogP contribution in [0.5, 0.6) is 0 Å². The van der Waals surface area contributed by atoms with Crippen molar-refractivity contribution in [3.05, 3.63) is 0 Å². The number of hydrogen-bond donors (Lipinski definition) is 2. The van der Waals surface area contributed by atoms with Crippen LogP contribution in [-0.4, -0.2) is 23.0 Å². The number of nitrogens with one attached hydrogen (secondary N) is 1. The van der Waals surface area contributed by atoms with E-state index in [1.165, 1.54) is 0 Å². The second-order valence-corrected chi connectivity index (χ2v) is 3.63. The maximum absolute atomic E-state index is 10.4. The summed E-state index contributed by atoms with van der Waals surface area (Å²) in [5.74, 6) is -0.326. The van der Waals surface area contributed by atoms with E-state index in [0.717, 1.165) is 12.8 Å². The highest BCUT2D eigenvalue weighted by Gasteiger charge is 2.43. The lowest BCUT2D eigenvalue weighted by Gasteiger charge is -2.45. The molecule has 0 aliphatic heterocycles. The lowest BCUT2D eigenvalue weighted by Crippen LogP contribution is -2.55. The van der Waals surface area contributed by atoms with E-state index in [0.29, 0.717) is 12.3 Å². The molecule has 0 heterocycles. The molecule has 2 N–H and O–H groups in total. The molecule has 1 fully saturated rings. The largest absolute Gasteiger partial charge is 0.481 e. The van der Waals surface area contributed by atoms with Gasteiger partial charge in [0, 0.05) is 0 Å². The van der Waals surface area contributed by atoms with E-state index in [1.54, 1.807) is 0 Å². The van der Waals surface area contributed by atoms with Crippen LogP contribution in [0, 0.1) is 5.92 Å². The van der Waals surface area contributed by atoms with E-state index in [1.807, 2.05) is 6.92 Å². The van der Waals surface area contributed by atoms with Crippen molar-refractivity contribution in [3.8, 4) is 0 Å². The van der Waals surface area contributed by atoms with Gasteiger partial charge >= 0.3 is 5.97 Å². The Bertz CT molecular complexity index is 196. The number of rotatable bonds is 4. The lowest BCUT2D eigenvalue weighted by molar-refractivity contribution is -0.140. The molecule has 1 saturated carbocycles. The second kappa shape index (κ2) is 3.13. The zero-order valence-corrected chi connectivity index (χ0v) is 7.04. The van der Waals surface area contributed by atoms with Crippen LogP contribution >= 0.6 is 0 Å². The summed E-state index contributed by atoms with van der Waals surface area (Å²) in [6.45, 7) is 2.05. The number of amides is 1. The third-order valence-electron chi connectivity index (χ3n) is 2.33. The van der Waals surface area contributed by atoms with Gasteiger partial charge in [-0.3, -0.25) is 9.59 Å². The first-order chi connectivity index (χ1) is 5.58. The summed E-state index contributed by atoms with van der Waals surface area (Å²) in [6, 6.07) is 0. The Hall–Kier alpha value is -1.06. The van der Waals surface area contributed by atoms with Gasteiger partial charge in [-0.2, -0.15) is 0 Å². The Morgan fingerprint density at radius 2 is 2.33 bits per heavy atom. The van der Waals surface area contributed by atoms with Gasteiger partial charge in [0.1, 0.15) is 0 Å². The molecule has 1 rings (SSSR count). The van der Waals surface area contributed by atoms with Crippen LogP contribution in [-0.2, 0) is 9.59 Å². The van der Waals surface area contributed by atoms with Crippen molar-refractivity contribution in [2.75, 3.05) is 0 Å². The van der Waals surface area contributed by atoms with Crippen molar-refractivity contribution in [2.24, 2.45) is 5.92 Å². The molecular weight excluding hydrogens is 158 g/mol. The van der Waals surface area contributed by atoms with Gasteiger partial charge in [0.25, 0.3) is 0 Å². The van der Waals surface area contributed by atoms with Crippen LogP contribution in [0.15, 0.2) is 0 Å². The van der Waals surface area contributed by atoms with Crippen LogP contribution in [0.2, 0.25) is 0 Å². The number of carbonyl (C=O) groups excluding carboxylic acids is 1. The normalized spacial score (nSPS) is 33.6. The van der Waals surface area contributed by atoms with Gasteiger partial charge in [-0.1, -0.05) is 6.92 Å². The van der Waals surface area contributed by atoms with Gasteiger partial charge < -0.3 is 10.4 Å². The Kier molecular flexibility index (Phi) is 2.35. The summed E-state index contributed by atoms with van der Waals surface area (Å²) in [4.78, 5) is 20.6. The monoisotopic (exact) mass is 171 g/mol. The fraction of sp³-hybridized carbons (Fsp3) is 0.750. The lowest BCUT2D eigenvalue weighted by atomic mass is 9.67. The van der Waals surface area contributed by atoms with Gasteiger partial charge in [-0.25, -0.2) is 0 Å². The fourth-order valence-corrected chi connectivity index (χ4v) is 2.00. The molecule has 0 aromatic rings. The van der Waals surface area contributed by atoms with E-state index in [-0.39, 0.29) is 6.42 Å². The molecule has 0 unspecified atom stereocenters. The predicted molar refractivity (Wildman–Crippen MR) is 42.6 cm³/mol. The molecule has 4 heteroatoms. The second-order valence-electron chi connectivity index (χ2n) is 3.63. The topological polar surface area (TPSA) is 66.4 Å². The smallest absolute Gasteiger partial charge is 0.305 e. The van der Waals surface area contributed by atoms with Gasteiger partial charge in [0.2, 0.25) is 6.41 Å². The highest BCUT2D eigenvalue weighted by atomic mass is 16.4. The molecule has 12 heavy (non-hydrogen) atoms. The van der Waals surface area contributed by atoms with Gasteiger partial charge in [-0.15, -0.1) is 0 Å². The number of carboxylic acids is 1. The minimum absolute atomic E-state index is 0.0378. The molecule has 0 aromatic heterocycles. The van der Waals surface area contributed by atoms with Gasteiger partial charge in [0.15, 0.2) is 0 Å². The molecule has 0 radical (unpaired) electrons. The maximum Gasteiger partial charge on any atom is 0.305 e. The highest BCUT2D eigenvalue weighted by molar-refractivity contribution is 5.69. The summed E-state index contributed by atoms with van der Waals surface area (Å²) in [5.41, 5.74) is -0.451. The Balaban J connectivity index is 2.50. The number of hydrogen-bond acceptors (Lipinski definition) is 2. The van der Waals surface area contributed by atoms with Gasteiger partial charge in [-0.05, 0) is 18.8 Å². The predicted octanol–water partition coefficient (Wildman–Crippen LogP) is 0.376. The van der Waals surface area contributed by atoms with E-state index in [4.69, 9.17) is 5.11 Å². The highest BCUT2D eigenvalue weighted by Crippen LogP contribution is 2.39. The first kappa shape index (κ1) is 9.03.